The molecule has 4 nitrogen and oxygen atoms in total. The van der Waals surface area contributed by atoms with Gasteiger partial charge in [-0.15, -0.1) is 0 Å². The van der Waals surface area contributed by atoms with Gasteiger partial charge in [0.05, 0.1) is 0 Å². The van der Waals surface area contributed by atoms with Crippen LogP contribution >= 0.6 is 0 Å². The van der Waals surface area contributed by atoms with Crippen LogP contribution in [0.1, 0.15) is 25.5 Å². The molecule has 0 aliphatic carbocycles. The summed E-state index contributed by atoms with van der Waals surface area (Å²) in [5.74, 6) is -0.323. The van der Waals surface area contributed by atoms with E-state index in [0.717, 1.165) is 26.2 Å². The Hall–Kier alpha value is -1.38. The van der Waals surface area contributed by atoms with Crippen molar-refractivity contribution in [1.82, 2.24) is 10.2 Å². The number of benzene rings is 1. The summed E-state index contributed by atoms with van der Waals surface area (Å²) in [7, 11) is 0. The number of aliphatic hydroxyl groups is 1. The molecule has 1 heterocycles. The van der Waals surface area contributed by atoms with Crippen molar-refractivity contribution in [2.75, 3.05) is 32.8 Å². The molecule has 2 N–H and O–H groups in total. The summed E-state index contributed by atoms with van der Waals surface area (Å²) in [5.41, 5.74) is 0.0878. The zero-order valence-corrected chi connectivity index (χ0v) is 14.3. The van der Waals surface area contributed by atoms with Crippen molar-refractivity contribution in [3.05, 3.63) is 29.8 Å². The summed E-state index contributed by atoms with van der Waals surface area (Å²) in [6, 6.07) is 5.54. The number of nitrogens with one attached hydrogen (secondary N) is 1. The van der Waals surface area contributed by atoms with Gasteiger partial charge in [-0.1, -0.05) is 26.0 Å². The maximum Gasteiger partial charge on any atom is 0.461 e. The standard InChI is InChI=1S/C17H24F4N2O2/c1-16(2,11-24)14(23-8-6-22-7-9-23)12-4-3-5-13(10-12)25-17(20,21)15(18)19/h3-5,10,14-15,22,24H,6-9,11H2,1-2H3/t14-/m1/s1. The van der Waals surface area contributed by atoms with Crippen LogP contribution in [0.25, 0.3) is 0 Å². The smallest absolute Gasteiger partial charge is 0.428 e. The second-order valence-corrected chi connectivity index (χ2v) is 6.87. The van der Waals surface area contributed by atoms with Crippen molar-refractivity contribution in [1.29, 1.82) is 0 Å². The number of rotatable bonds is 7. The summed E-state index contributed by atoms with van der Waals surface area (Å²) in [6.45, 7) is 6.65. The van der Waals surface area contributed by atoms with Crippen molar-refractivity contribution in [3.63, 3.8) is 0 Å². The first-order chi connectivity index (χ1) is 11.7. The van der Waals surface area contributed by atoms with E-state index in [1.807, 2.05) is 13.8 Å². The second-order valence-electron chi connectivity index (χ2n) is 6.87. The van der Waals surface area contributed by atoms with E-state index in [2.05, 4.69) is 15.0 Å². The lowest BCUT2D eigenvalue weighted by atomic mass is 9.79. The first-order valence-electron chi connectivity index (χ1n) is 8.18. The molecule has 142 valence electrons. The van der Waals surface area contributed by atoms with Gasteiger partial charge in [-0.25, -0.2) is 0 Å². The van der Waals surface area contributed by atoms with Crippen LogP contribution in [0.15, 0.2) is 24.3 Å². The highest BCUT2D eigenvalue weighted by Crippen LogP contribution is 2.40. The average Bonchev–Trinajstić information content (AvgIpc) is 2.55. The third-order valence-electron chi connectivity index (χ3n) is 4.35. The maximum absolute atomic E-state index is 13.2. The highest BCUT2D eigenvalue weighted by atomic mass is 19.3. The van der Waals surface area contributed by atoms with E-state index in [-0.39, 0.29) is 18.4 Å². The molecule has 1 aromatic carbocycles. The van der Waals surface area contributed by atoms with E-state index >= 15 is 0 Å². The predicted octanol–water partition coefficient (Wildman–Crippen LogP) is 2.89. The highest BCUT2D eigenvalue weighted by molar-refractivity contribution is 5.32. The van der Waals surface area contributed by atoms with Crippen LogP contribution in [0.4, 0.5) is 17.6 Å². The van der Waals surface area contributed by atoms with Crippen molar-refractivity contribution in [2.24, 2.45) is 5.41 Å². The molecule has 0 bridgehead atoms. The second kappa shape index (κ2) is 7.88. The van der Waals surface area contributed by atoms with Crippen LogP contribution in [0.3, 0.4) is 0 Å². The molecule has 1 atom stereocenters. The molecule has 1 saturated heterocycles. The number of aliphatic hydroxyl groups excluding tert-OH is 1. The number of ether oxygens (including phenoxy) is 1. The van der Waals surface area contributed by atoms with Crippen LogP contribution in [-0.2, 0) is 0 Å². The Morgan fingerprint density at radius 2 is 1.88 bits per heavy atom. The van der Waals surface area contributed by atoms with Gasteiger partial charge in [0, 0.05) is 44.2 Å². The zero-order chi connectivity index (χ0) is 18.7. The van der Waals surface area contributed by atoms with E-state index < -0.39 is 17.9 Å². The molecule has 2 rings (SSSR count). The molecule has 1 fully saturated rings. The Bertz CT molecular complexity index is 563. The van der Waals surface area contributed by atoms with Gasteiger partial charge in [-0.2, -0.15) is 17.6 Å². The third kappa shape index (κ3) is 4.83. The van der Waals surface area contributed by atoms with Crippen LogP contribution < -0.4 is 10.1 Å². The first kappa shape index (κ1) is 19.9. The van der Waals surface area contributed by atoms with E-state index in [4.69, 9.17) is 0 Å². The topological polar surface area (TPSA) is 44.7 Å². The monoisotopic (exact) mass is 364 g/mol. The van der Waals surface area contributed by atoms with Gasteiger partial charge in [0.25, 0.3) is 0 Å². The van der Waals surface area contributed by atoms with Crippen LogP contribution in [0, 0.1) is 5.41 Å². The van der Waals surface area contributed by atoms with E-state index in [9.17, 15) is 22.7 Å². The summed E-state index contributed by atoms with van der Waals surface area (Å²) in [5, 5.41) is 13.0. The SMILES string of the molecule is CC(C)(CO)[C@@H](c1cccc(OC(F)(F)C(F)F)c1)N1CCNCC1. The molecule has 1 aromatic rings. The molecule has 0 amide bonds. The molecule has 0 unspecified atom stereocenters. The van der Waals surface area contributed by atoms with Crippen molar-refractivity contribution < 1.29 is 27.4 Å². The predicted molar refractivity (Wildman–Crippen MR) is 86.1 cm³/mol. The van der Waals surface area contributed by atoms with Crippen LogP contribution in [0.5, 0.6) is 5.75 Å². The highest BCUT2D eigenvalue weighted by Gasteiger charge is 2.44. The number of halogens is 4. The number of alkyl halides is 4. The largest absolute Gasteiger partial charge is 0.461 e. The molecule has 8 heteroatoms. The van der Waals surface area contributed by atoms with Crippen molar-refractivity contribution >= 4 is 0 Å². The van der Waals surface area contributed by atoms with Crippen LogP contribution in [-0.4, -0.2) is 55.3 Å². The first-order valence-corrected chi connectivity index (χ1v) is 8.18. The van der Waals surface area contributed by atoms with Gasteiger partial charge in [-0.3, -0.25) is 4.90 Å². The number of hydrogen-bond donors (Lipinski definition) is 2. The van der Waals surface area contributed by atoms with Gasteiger partial charge in [0.2, 0.25) is 0 Å². The van der Waals surface area contributed by atoms with E-state index in [1.165, 1.54) is 18.2 Å². The van der Waals surface area contributed by atoms with Crippen molar-refractivity contribution in [2.45, 2.75) is 32.4 Å². The lowest BCUT2D eigenvalue weighted by Gasteiger charge is -2.43. The molecular formula is C17H24F4N2O2. The average molecular weight is 364 g/mol. The fourth-order valence-electron chi connectivity index (χ4n) is 3.13. The normalized spacial score (nSPS) is 18.4. The lowest BCUT2D eigenvalue weighted by Crippen LogP contribution is -2.49. The van der Waals surface area contributed by atoms with Gasteiger partial charge in [0.1, 0.15) is 5.75 Å². The Morgan fingerprint density at radius 3 is 2.44 bits per heavy atom. The Morgan fingerprint density at radius 1 is 1.24 bits per heavy atom. The molecule has 0 aromatic heterocycles. The maximum atomic E-state index is 13.2. The molecule has 1 aliphatic heterocycles. The quantitative estimate of drug-likeness (QED) is 0.731. The number of hydrogen-bond acceptors (Lipinski definition) is 4. The number of piperazine rings is 1. The Labute approximate surface area is 144 Å². The minimum Gasteiger partial charge on any atom is -0.428 e. The van der Waals surface area contributed by atoms with Crippen LogP contribution in [0.2, 0.25) is 0 Å². The van der Waals surface area contributed by atoms with Crippen molar-refractivity contribution in [3.8, 4) is 5.75 Å². The van der Waals surface area contributed by atoms with Gasteiger partial charge in [-0.05, 0) is 17.7 Å². The lowest BCUT2D eigenvalue weighted by molar-refractivity contribution is -0.253. The fourth-order valence-corrected chi connectivity index (χ4v) is 3.13. The third-order valence-corrected chi connectivity index (χ3v) is 4.35. The van der Waals surface area contributed by atoms with E-state index in [1.54, 1.807) is 6.07 Å². The Kier molecular flexibility index (Phi) is 6.29. The summed E-state index contributed by atoms with van der Waals surface area (Å²) in [6.07, 6.45) is -8.45. The molecule has 1 aliphatic rings. The minimum absolute atomic E-state index is 0.111. The van der Waals surface area contributed by atoms with Gasteiger partial charge >= 0.3 is 12.5 Å². The zero-order valence-electron chi connectivity index (χ0n) is 14.3. The van der Waals surface area contributed by atoms with Gasteiger partial charge < -0.3 is 15.2 Å². The summed E-state index contributed by atoms with van der Waals surface area (Å²) < 4.78 is 55.3. The molecular weight excluding hydrogens is 340 g/mol. The summed E-state index contributed by atoms with van der Waals surface area (Å²) >= 11 is 0. The van der Waals surface area contributed by atoms with Gasteiger partial charge in [0.15, 0.2) is 0 Å². The molecule has 0 radical (unpaired) electrons. The molecule has 0 spiro atoms. The Balaban J connectivity index is 2.32. The minimum atomic E-state index is -4.55. The fraction of sp³-hybridized carbons (Fsp3) is 0.647. The van der Waals surface area contributed by atoms with E-state index in [0.29, 0.717) is 5.56 Å². The molecule has 0 saturated carbocycles. The number of nitrogens with zero attached hydrogens (tertiary/aromatic N) is 1. The summed E-state index contributed by atoms with van der Waals surface area (Å²) in [4.78, 5) is 2.15. The molecule has 25 heavy (non-hydrogen) atoms.